The minimum Gasteiger partial charge on any atom is -0.482 e. The second-order valence-electron chi connectivity index (χ2n) is 6.41. The normalized spacial score (nSPS) is 11.8. The van der Waals surface area contributed by atoms with Crippen LogP contribution in [0, 0.1) is 0 Å². The van der Waals surface area contributed by atoms with Gasteiger partial charge in [-0.25, -0.2) is 4.79 Å². The molecule has 3 aromatic rings. The highest BCUT2D eigenvalue weighted by Crippen LogP contribution is 2.15. The fourth-order valence-electron chi connectivity index (χ4n) is 2.70. The summed E-state index contributed by atoms with van der Waals surface area (Å²) >= 11 is 0. The Morgan fingerprint density at radius 1 is 0.800 bits per heavy atom. The molecule has 1 N–H and O–H groups in total. The number of carbonyl (C=O) groups excluding carboxylic acids is 1. The maximum absolute atomic E-state index is 13.0. The van der Waals surface area contributed by atoms with Gasteiger partial charge in [0.25, 0.3) is 0 Å². The van der Waals surface area contributed by atoms with Crippen LogP contribution in [-0.4, -0.2) is 34.9 Å². The van der Waals surface area contributed by atoms with E-state index in [0.29, 0.717) is 28.2 Å². The van der Waals surface area contributed by atoms with Crippen molar-refractivity contribution in [3.05, 3.63) is 102 Å². The highest BCUT2D eigenvalue weighted by Gasteiger charge is 2.16. The molecule has 0 aliphatic heterocycles. The van der Waals surface area contributed by atoms with Gasteiger partial charge in [0.2, 0.25) is 5.78 Å². The van der Waals surface area contributed by atoms with E-state index in [4.69, 9.17) is 9.84 Å². The topological polar surface area (TPSA) is 88.3 Å². The van der Waals surface area contributed by atoms with Crippen LogP contribution in [0.5, 0.6) is 5.75 Å². The van der Waals surface area contributed by atoms with Gasteiger partial charge in [-0.05, 0) is 19.1 Å². The summed E-state index contributed by atoms with van der Waals surface area (Å²) in [7, 11) is 0. The molecule has 0 amide bonds. The summed E-state index contributed by atoms with van der Waals surface area (Å²) in [4.78, 5) is 23.7. The van der Waals surface area contributed by atoms with Crippen LogP contribution < -0.4 is 4.74 Å². The molecule has 3 aromatic carbocycles. The monoisotopic (exact) mass is 400 g/mol. The van der Waals surface area contributed by atoms with Crippen molar-refractivity contribution < 1.29 is 19.4 Å². The van der Waals surface area contributed by atoms with Crippen LogP contribution in [0.25, 0.3) is 0 Å². The molecule has 0 fully saturated rings. The lowest BCUT2D eigenvalue weighted by Gasteiger charge is -2.07. The van der Waals surface area contributed by atoms with Gasteiger partial charge in [0.15, 0.2) is 6.61 Å². The Bertz CT molecular complexity index is 1090. The van der Waals surface area contributed by atoms with E-state index in [2.05, 4.69) is 10.2 Å². The van der Waals surface area contributed by atoms with Gasteiger partial charge in [0, 0.05) is 16.7 Å². The highest BCUT2D eigenvalue weighted by atomic mass is 16.5. The van der Waals surface area contributed by atoms with E-state index < -0.39 is 12.6 Å². The van der Waals surface area contributed by atoms with Crippen LogP contribution in [0.15, 0.2) is 95.1 Å². The van der Waals surface area contributed by atoms with E-state index >= 15 is 0 Å². The Kier molecular flexibility index (Phi) is 6.84. The van der Waals surface area contributed by atoms with Crippen molar-refractivity contribution in [1.29, 1.82) is 0 Å². The van der Waals surface area contributed by atoms with E-state index in [1.807, 2.05) is 42.5 Å². The lowest BCUT2D eigenvalue weighted by molar-refractivity contribution is -0.139. The van der Waals surface area contributed by atoms with Gasteiger partial charge in [-0.15, -0.1) is 5.10 Å². The third kappa shape index (κ3) is 5.48. The first kappa shape index (κ1) is 20.7. The fraction of sp³-hybridized carbons (Fsp3) is 0.0833. The third-order valence-electron chi connectivity index (χ3n) is 4.21. The molecule has 0 unspecified atom stereocenters. The number of rotatable bonds is 8. The molecule has 30 heavy (non-hydrogen) atoms. The van der Waals surface area contributed by atoms with E-state index in [1.54, 1.807) is 49.4 Å². The molecule has 0 aliphatic carbocycles. The zero-order valence-electron chi connectivity index (χ0n) is 16.4. The van der Waals surface area contributed by atoms with Gasteiger partial charge in [-0.3, -0.25) is 4.79 Å². The maximum Gasteiger partial charge on any atom is 0.341 e. The van der Waals surface area contributed by atoms with Crippen molar-refractivity contribution in [3.8, 4) is 5.75 Å². The Labute approximate surface area is 174 Å². The Morgan fingerprint density at radius 3 is 2.03 bits per heavy atom. The molecule has 6 heteroatoms. The predicted molar refractivity (Wildman–Crippen MR) is 116 cm³/mol. The summed E-state index contributed by atoms with van der Waals surface area (Å²) in [5.41, 5.74) is 2.70. The SMILES string of the molecule is C/C(=N/N=C(\C(=O)c1ccccc1)c1ccccc1)c1cccc(OCC(=O)O)c1. The highest BCUT2D eigenvalue weighted by molar-refractivity contribution is 6.51. The molecule has 0 spiro atoms. The molecule has 0 saturated heterocycles. The molecule has 150 valence electrons. The first-order valence-corrected chi connectivity index (χ1v) is 9.27. The fourth-order valence-corrected chi connectivity index (χ4v) is 2.70. The molecule has 0 saturated carbocycles. The minimum atomic E-state index is -1.05. The van der Waals surface area contributed by atoms with Crippen LogP contribution in [0.2, 0.25) is 0 Å². The molecule has 6 nitrogen and oxygen atoms in total. The number of ether oxygens (including phenoxy) is 1. The molecule has 0 radical (unpaired) electrons. The third-order valence-corrected chi connectivity index (χ3v) is 4.21. The van der Waals surface area contributed by atoms with Gasteiger partial charge in [-0.2, -0.15) is 5.10 Å². The van der Waals surface area contributed by atoms with Crippen LogP contribution >= 0.6 is 0 Å². The number of nitrogens with zero attached hydrogens (tertiary/aromatic N) is 2. The van der Waals surface area contributed by atoms with E-state index in [9.17, 15) is 9.59 Å². The van der Waals surface area contributed by atoms with E-state index in [1.165, 1.54) is 0 Å². The van der Waals surface area contributed by atoms with Crippen molar-refractivity contribution >= 4 is 23.2 Å². The molecule has 3 rings (SSSR count). The zero-order valence-corrected chi connectivity index (χ0v) is 16.4. The van der Waals surface area contributed by atoms with Crippen molar-refractivity contribution in [1.82, 2.24) is 0 Å². The number of Topliss-reactive ketones (excluding diaryl/α,β-unsaturated/α-hetero) is 1. The molecular formula is C24H20N2O4. The van der Waals surface area contributed by atoms with Crippen molar-refractivity contribution in [3.63, 3.8) is 0 Å². The van der Waals surface area contributed by atoms with Gasteiger partial charge < -0.3 is 9.84 Å². The average molecular weight is 400 g/mol. The number of hydrogen-bond acceptors (Lipinski definition) is 5. The number of carboxylic acid groups (broad SMARTS) is 1. The summed E-state index contributed by atoms with van der Waals surface area (Å²) in [5, 5.41) is 17.3. The summed E-state index contributed by atoms with van der Waals surface area (Å²) < 4.78 is 5.20. The summed E-state index contributed by atoms with van der Waals surface area (Å²) in [6.45, 7) is 1.33. The van der Waals surface area contributed by atoms with Crippen molar-refractivity contribution in [2.75, 3.05) is 6.61 Å². The Morgan fingerprint density at radius 2 is 1.40 bits per heavy atom. The van der Waals surface area contributed by atoms with Crippen molar-refractivity contribution in [2.24, 2.45) is 10.2 Å². The zero-order chi connectivity index (χ0) is 21.3. The van der Waals surface area contributed by atoms with Gasteiger partial charge in [0.1, 0.15) is 11.5 Å². The lowest BCUT2D eigenvalue weighted by atomic mass is 10.0. The second-order valence-corrected chi connectivity index (χ2v) is 6.41. The van der Waals surface area contributed by atoms with Crippen LogP contribution in [0.3, 0.4) is 0 Å². The first-order valence-electron chi connectivity index (χ1n) is 9.27. The Balaban J connectivity index is 1.93. The number of hydrogen-bond donors (Lipinski definition) is 1. The first-order chi connectivity index (χ1) is 14.5. The minimum absolute atomic E-state index is 0.225. The molecular weight excluding hydrogens is 380 g/mol. The Hall–Kier alpha value is -4.06. The van der Waals surface area contributed by atoms with Gasteiger partial charge in [0.05, 0.1) is 5.71 Å². The van der Waals surface area contributed by atoms with E-state index in [0.717, 1.165) is 0 Å². The maximum atomic E-state index is 13.0. The van der Waals surface area contributed by atoms with E-state index in [-0.39, 0.29) is 11.5 Å². The number of benzene rings is 3. The molecule has 0 aliphatic rings. The van der Waals surface area contributed by atoms with Gasteiger partial charge >= 0.3 is 5.97 Å². The predicted octanol–water partition coefficient (Wildman–Crippen LogP) is 4.25. The number of aliphatic carboxylic acids is 1. The standard InChI is InChI=1S/C24H20N2O4/c1-17(20-13-8-14-21(15-20)30-16-22(27)28)25-26-23(18-9-4-2-5-10-18)24(29)19-11-6-3-7-12-19/h2-15H,16H2,1H3,(H,27,28)/b25-17-,26-23-. The quantitative estimate of drug-likeness (QED) is 0.348. The largest absolute Gasteiger partial charge is 0.482 e. The van der Waals surface area contributed by atoms with Gasteiger partial charge in [-0.1, -0.05) is 72.8 Å². The van der Waals surface area contributed by atoms with Crippen molar-refractivity contribution in [2.45, 2.75) is 6.92 Å². The number of ketones is 1. The molecule has 0 atom stereocenters. The van der Waals surface area contributed by atoms with Crippen LogP contribution in [0.1, 0.15) is 28.4 Å². The lowest BCUT2D eigenvalue weighted by Crippen LogP contribution is -2.15. The molecule has 0 aromatic heterocycles. The van der Waals surface area contributed by atoms with Crippen LogP contribution in [0.4, 0.5) is 0 Å². The second kappa shape index (κ2) is 9.93. The summed E-state index contributed by atoms with van der Waals surface area (Å²) in [6, 6.07) is 25.0. The van der Waals surface area contributed by atoms with Crippen LogP contribution in [-0.2, 0) is 4.79 Å². The number of carbonyl (C=O) groups is 2. The number of carboxylic acids is 1. The summed E-state index contributed by atoms with van der Waals surface area (Å²) in [6.07, 6.45) is 0. The summed E-state index contributed by atoms with van der Waals surface area (Å²) in [5.74, 6) is -0.865. The molecule has 0 bridgehead atoms. The average Bonchev–Trinajstić information content (AvgIpc) is 2.79. The molecule has 0 heterocycles. The smallest absolute Gasteiger partial charge is 0.341 e.